The Balaban J connectivity index is 1.89. The summed E-state index contributed by atoms with van der Waals surface area (Å²) in [6.45, 7) is 1.77. The van der Waals surface area contributed by atoms with E-state index in [4.69, 9.17) is 4.74 Å². The van der Waals surface area contributed by atoms with Crippen LogP contribution in [0.25, 0.3) is 10.9 Å². The third-order valence-electron chi connectivity index (χ3n) is 3.94. The third-order valence-corrected chi connectivity index (χ3v) is 3.94. The summed E-state index contributed by atoms with van der Waals surface area (Å²) in [5.41, 5.74) is 1.39. The highest BCUT2D eigenvalue weighted by atomic mass is 19.1. The number of rotatable bonds is 4. The molecule has 0 aliphatic heterocycles. The summed E-state index contributed by atoms with van der Waals surface area (Å²) in [5, 5.41) is 0.849. The lowest BCUT2D eigenvalue weighted by Gasteiger charge is -2.19. The van der Waals surface area contributed by atoms with Crippen LogP contribution in [0.3, 0.4) is 0 Å². The summed E-state index contributed by atoms with van der Waals surface area (Å²) in [5.74, 6) is 4.54. The van der Waals surface area contributed by atoms with Crippen LogP contribution in [0.5, 0.6) is 5.75 Å². The van der Waals surface area contributed by atoms with Gasteiger partial charge in [-0.05, 0) is 43.3 Å². The quantitative estimate of drug-likeness (QED) is 0.668. The molecule has 3 aromatic rings. The van der Waals surface area contributed by atoms with Gasteiger partial charge in [-0.25, -0.2) is 4.39 Å². The van der Waals surface area contributed by atoms with E-state index in [1.807, 2.05) is 6.07 Å². The number of hydrogen-bond donors (Lipinski definition) is 0. The van der Waals surface area contributed by atoms with Crippen LogP contribution in [0.15, 0.2) is 54.7 Å². The van der Waals surface area contributed by atoms with Gasteiger partial charge >= 0.3 is 0 Å². The molecule has 3 rings (SSSR count). The number of fused-ring (bicyclic) bond motifs is 1. The number of nitrogens with zero attached hydrogens (tertiary/aromatic N) is 2. The van der Waals surface area contributed by atoms with Crippen molar-refractivity contribution in [2.24, 2.45) is 0 Å². The van der Waals surface area contributed by atoms with Gasteiger partial charge < -0.3 is 9.64 Å². The molecule has 0 bridgehead atoms. The van der Waals surface area contributed by atoms with Gasteiger partial charge in [0.05, 0.1) is 11.2 Å². The molecule has 1 aromatic heterocycles. The first-order chi connectivity index (χ1) is 12.6. The van der Waals surface area contributed by atoms with E-state index < -0.39 is 5.82 Å². The van der Waals surface area contributed by atoms with Crippen LogP contribution in [-0.4, -0.2) is 24.5 Å². The lowest BCUT2D eigenvalue weighted by atomic mass is 10.1. The molecule has 0 aliphatic rings. The zero-order chi connectivity index (χ0) is 18.5. The standard InChI is InChI=1S/C21H17FN2O2/c1-3-4-13-26-19-9-5-8-18(20(19)22)24(2)21(25)16-10-11-17-15(14-16)7-6-12-23-17/h5-12,14H,13H2,1-2H3. The summed E-state index contributed by atoms with van der Waals surface area (Å²) < 4.78 is 20.0. The number of pyridine rings is 1. The van der Waals surface area contributed by atoms with Gasteiger partial charge in [0, 0.05) is 24.2 Å². The predicted octanol–water partition coefficient (Wildman–Crippen LogP) is 4.05. The molecule has 0 fully saturated rings. The number of benzene rings is 2. The van der Waals surface area contributed by atoms with Gasteiger partial charge in [0.25, 0.3) is 5.91 Å². The Morgan fingerprint density at radius 2 is 2.08 bits per heavy atom. The predicted molar refractivity (Wildman–Crippen MR) is 99.8 cm³/mol. The molecule has 0 aliphatic carbocycles. The van der Waals surface area contributed by atoms with E-state index in [1.165, 1.54) is 24.1 Å². The Hall–Kier alpha value is -3.39. The number of halogens is 1. The smallest absolute Gasteiger partial charge is 0.258 e. The van der Waals surface area contributed by atoms with Crippen LogP contribution >= 0.6 is 0 Å². The lowest BCUT2D eigenvalue weighted by Crippen LogP contribution is -2.27. The van der Waals surface area contributed by atoms with E-state index in [0.29, 0.717) is 5.56 Å². The van der Waals surface area contributed by atoms with Gasteiger partial charge in [0.15, 0.2) is 11.6 Å². The lowest BCUT2D eigenvalue weighted by molar-refractivity contribution is 0.0992. The van der Waals surface area contributed by atoms with E-state index in [1.54, 1.807) is 43.5 Å². The average Bonchev–Trinajstić information content (AvgIpc) is 2.68. The maximum Gasteiger partial charge on any atom is 0.258 e. The molecule has 0 atom stereocenters. The van der Waals surface area contributed by atoms with Crippen molar-refractivity contribution in [3.8, 4) is 17.6 Å². The van der Waals surface area contributed by atoms with E-state index in [9.17, 15) is 9.18 Å². The van der Waals surface area contributed by atoms with E-state index in [2.05, 4.69) is 16.8 Å². The molecule has 0 N–H and O–H groups in total. The first-order valence-electron chi connectivity index (χ1n) is 8.05. The van der Waals surface area contributed by atoms with Crippen LogP contribution in [0.2, 0.25) is 0 Å². The highest BCUT2D eigenvalue weighted by Crippen LogP contribution is 2.28. The molecule has 0 saturated carbocycles. The van der Waals surface area contributed by atoms with Crippen molar-refractivity contribution in [2.45, 2.75) is 6.92 Å². The Kier molecular flexibility index (Phi) is 5.14. The fraction of sp³-hybridized carbons (Fsp3) is 0.143. The molecule has 4 nitrogen and oxygen atoms in total. The van der Waals surface area contributed by atoms with Crippen LogP contribution in [-0.2, 0) is 0 Å². The van der Waals surface area contributed by atoms with Crippen molar-refractivity contribution in [2.75, 3.05) is 18.6 Å². The number of anilines is 1. The normalized spacial score (nSPS) is 10.1. The summed E-state index contributed by atoms with van der Waals surface area (Å²) >= 11 is 0. The number of hydrogen-bond acceptors (Lipinski definition) is 3. The molecule has 1 heterocycles. The first-order valence-corrected chi connectivity index (χ1v) is 8.05. The Morgan fingerprint density at radius 3 is 2.88 bits per heavy atom. The zero-order valence-electron chi connectivity index (χ0n) is 14.5. The second kappa shape index (κ2) is 7.66. The van der Waals surface area contributed by atoms with Gasteiger partial charge in [-0.1, -0.05) is 18.1 Å². The van der Waals surface area contributed by atoms with Gasteiger partial charge in [-0.2, -0.15) is 0 Å². The fourth-order valence-corrected chi connectivity index (χ4v) is 2.57. The van der Waals surface area contributed by atoms with Crippen LogP contribution < -0.4 is 9.64 Å². The van der Waals surface area contributed by atoms with Gasteiger partial charge in [0.2, 0.25) is 0 Å². The molecule has 0 radical (unpaired) electrons. The Labute approximate surface area is 151 Å². The second-order valence-corrected chi connectivity index (χ2v) is 5.58. The molecule has 2 aromatic carbocycles. The molecular formula is C21H17FN2O2. The number of aromatic nitrogens is 1. The minimum atomic E-state index is -0.594. The van der Waals surface area contributed by atoms with Crippen molar-refractivity contribution >= 4 is 22.5 Å². The number of carbonyl (C=O) groups excluding carboxylic acids is 1. The number of amides is 1. The Bertz CT molecular complexity index is 1020. The van der Waals surface area contributed by atoms with E-state index in [0.717, 1.165) is 10.9 Å². The molecule has 0 spiro atoms. The molecular weight excluding hydrogens is 331 g/mol. The average molecular weight is 348 g/mol. The largest absolute Gasteiger partial charge is 0.478 e. The van der Waals surface area contributed by atoms with E-state index in [-0.39, 0.29) is 24.0 Å². The summed E-state index contributed by atoms with van der Waals surface area (Å²) in [6, 6.07) is 13.6. The van der Waals surface area contributed by atoms with Crippen molar-refractivity contribution < 1.29 is 13.9 Å². The topological polar surface area (TPSA) is 42.4 Å². The van der Waals surface area contributed by atoms with Crippen molar-refractivity contribution in [1.29, 1.82) is 0 Å². The summed E-state index contributed by atoms with van der Waals surface area (Å²) in [6.07, 6.45) is 1.69. The van der Waals surface area contributed by atoms with Gasteiger partial charge in [-0.15, -0.1) is 5.92 Å². The van der Waals surface area contributed by atoms with Gasteiger partial charge in [-0.3, -0.25) is 9.78 Å². The van der Waals surface area contributed by atoms with Gasteiger partial charge in [0.1, 0.15) is 6.61 Å². The van der Waals surface area contributed by atoms with Crippen molar-refractivity contribution in [1.82, 2.24) is 4.98 Å². The highest BCUT2D eigenvalue weighted by Gasteiger charge is 2.19. The fourth-order valence-electron chi connectivity index (χ4n) is 2.57. The first kappa shape index (κ1) is 17.4. The van der Waals surface area contributed by atoms with Crippen molar-refractivity contribution in [3.63, 3.8) is 0 Å². The number of ether oxygens (including phenoxy) is 1. The summed E-state index contributed by atoms with van der Waals surface area (Å²) in [4.78, 5) is 18.3. The molecule has 26 heavy (non-hydrogen) atoms. The number of carbonyl (C=O) groups is 1. The van der Waals surface area contributed by atoms with Crippen LogP contribution in [0.4, 0.5) is 10.1 Å². The molecule has 1 amide bonds. The monoisotopic (exact) mass is 348 g/mol. The second-order valence-electron chi connectivity index (χ2n) is 5.58. The van der Waals surface area contributed by atoms with E-state index >= 15 is 0 Å². The maximum absolute atomic E-state index is 14.7. The Morgan fingerprint density at radius 1 is 1.23 bits per heavy atom. The summed E-state index contributed by atoms with van der Waals surface area (Å²) in [7, 11) is 1.53. The SMILES string of the molecule is CC#CCOc1cccc(N(C)C(=O)c2ccc3ncccc3c2)c1F. The highest BCUT2D eigenvalue weighted by molar-refractivity contribution is 6.07. The molecule has 0 unspecified atom stereocenters. The van der Waals surface area contributed by atoms with Crippen LogP contribution in [0.1, 0.15) is 17.3 Å². The maximum atomic E-state index is 14.7. The molecule has 5 heteroatoms. The minimum absolute atomic E-state index is 0.0626. The minimum Gasteiger partial charge on any atom is -0.478 e. The van der Waals surface area contributed by atoms with Crippen molar-refractivity contribution in [3.05, 3.63) is 66.1 Å². The van der Waals surface area contributed by atoms with Crippen LogP contribution in [0, 0.1) is 17.7 Å². The molecule has 0 saturated heterocycles. The third kappa shape index (κ3) is 3.50. The zero-order valence-corrected chi connectivity index (χ0v) is 14.5. The molecule has 130 valence electrons.